The fourth-order valence-electron chi connectivity index (χ4n) is 0.289. The van der Waals surface area contributed by atoms with Gasteiger partial charge in [-0.15, -0.1) is 0 Å². The van der Waals surface area contributed by atoms with Gasteiger partial charge in [0.05, 0.1) is 0 Å². The van der Waals surface area contributed by atoms with Gasteiger partial charge in [-0.1, -0.05) is 0 Å². The van der Waals surface area contributed by atoms with Crippen LogP contribution in [-0.2, 0) is 11.4 Å². The Bertz CT molecular complexity index is 61.8. The summed E-state index contributed by atoms with van der Waals surface area (Å²) in [5.41, 5.74) is 0. The predicted molar refractivity (Wildman–Crippen MR) is 28.2 cm³/mol. The van der Waals surface area contributed by atoms with E-state index in [0.717, 1.165) is 0 Å². The van der Waals surface area contributed by atoms with Crippen molar-refractivity contribution >= 4 is 15.0 Å². The van der Waals surface area contributed by atoms with Crippen molar-refractivity contribution in [1.29, 1.82) is 0.939 Å². The molecule has 0 heterocycles. The molecule has 0 saturated carbocycles. The van der Waals surface area contributed by atoms with Crippen molar-refractivity contribution in [2.45, 2.75) is 0 Å². The average Bonchev–Trinajstić information content (AvgIpc) is 1.87. The van der Waals surface area contributed by atoms with E-state index in [9.17, 15) is 0 Å². The second-order valence-corrected chi connectivity index (χ2v) is 2.99. The summed E-state index contributed by atoms with van der Waals surface area (Å²) < 4.78 is 21.0. The van der Waals surface area contributed by atoms with Gasteiger partial charge in [-0.3, -0.25) is 0 Å². The minimum Gasteiger partial charge on any atom is -0.618 e. The van der Waals surface area contributed by atoms with Crippen LogP contribution in [0.1, 0.15) is 0 Å². The van der Waals surface area contributed by atoms with Crippen LogP contribution in [0.15, 0.2) is 0 Å². The Labute approximate surface area is 67.7 Å². The van der Waals surface area contributed by atoms with Crippen LogP contribution in [0.25, 0.3) is 0 Å². The minimum atomic E-state index is -3.18. The van der Waals surface area contributed by atoms with Gasteiger partial charge in [-0.05, 0) is 21.3 Å². The predicted octanol–water partition coefficient (Wildman–Crippen LogP) is -3.35. The van der Waals surface area contributed by atoms with Crippen molar-refractivity contribution < 1.29 is 30.2 Å². The summed E-state index contributed by atoms with van der Waals surface area (Å²) in [6, 6.07) is 0. The van der Waals surface area contributed by atoms with E-state index in [2.05, 4.69) is 11.4 Å². The maximum Gasteiger partial charge on any atom is 1.00 e. The molecule has 0 unspecified atom stereocenters. The third kappa shape index (κ3) is 5.15. The summed E-state index contributed by atoms with van der Waals surface area (Å²) in [7, 11) is 4.22. The van der Waals surface area contributed by atoms with Gasteiger partial charge < -0.3 is 11.4 Å². The summed E-state index contributed by atoms with van der Waals surface area (Å²) in [4.78, 5) is 0. The van der Waals surface area contributed by atoms with E-state index >= 15 is 0 Å². The maximum atomic E-state index is 7.17. The first-order chi connectivity index (χ1) is 3.68. The molecule has 0 aromatic rings. The second kappa shape index (κ2) is 8.01. The molecule has 0 atom stereocenters. The first-order valence-electron chi connectivity index (χ1n) is 2.51. The van der Waals surface area contributed by atoms with Crippen LogP contribution in [0.4, 0.5) is 0 Å². The van der Waals surface area contributed by atoms with Crippen LogP contribution in [0, 0.1) is 0 Å². The average molecular weight is 129 g/mol. The fraction of sp³-hybridized carbons (Fsp3) is 1.00. The maximum absolute atomic E-state index is 7.17. The Morgan fingerprint density at radius 3 is 1.38 bits per heavy atom. The molecule has 0 amide bonds. The molecule has 0 spiro atoms. The molecule has 0 aromatic carbocycles. The first-order valence-corrected chi connectivity index (χ1v) is 3.35. The first kappa shape index (κ1) is 9.01. The third-order valence-electron chi connectivity index (χ3n) is 0.577. The molecule has 0 saturated heterocycles. The van der Waals surface area contributed by atoms with Gasteiger partial charge in [-0.2, -0.15) is 0.939 Å². The molecular formula is C3H10AlLiO3. The Morgan fingerprint density at radius 1 is 1.12 bits per heavy atom. The molecule has 3 nitrogen and oxygen atoms in total. The molecule has 5 heteroatoms. The van der Waals surface area contributed by atoms with E-state index in [4.69, 9.17) is 0.939 Å². The van der Waals surface area contributed by atoms with Crippen LogP contribution >= 0.6 is 0 Å². The summed E-state index contributed by atoms with van der Waals surface area (Å²) >= 11 is -3.18. The van der Waals surface area contributed by atoms with Crippen LogP contribution in [0.3, 0.4) is 0 Å². The topological polar surface area (TPSA) is 27.7 Å². The molecule has 0 fully saturated rings. The molecule has 0 rings (SSSR count). The normalized spacial score (nSPS) is 12.1. The van der Waals surface area contributed by atoms with Gasteiger partial charge in [0.25, 0.3) is 0 Å². The zero-order valence-corrected chi connectivity index (χ0v) is 6.96. The van der Waals surface area contributed by atoms with E-state index in [-0.39, 0.29) is 18.9 Å². The number of hydrogen-bond donors (Lipinski definition) is 0. The number of rotatable bonds is 3. The molecule has 8 heavy (non-hydrogen) atoms. The third-order valence-corrected chi connectivity index (χ3v) is 1.73. The molecule has 0 aromatic heterocycles. The Hall–Kier alpha value is 1.01. The molecule has 44 valence electrons. The Morgan fingerprint density at radius 2 is 1.38 bits per heavy atom. The van der Waals surface area contributed by atoms with Gasteiger partial charge in [-0.25, -0.2) is 0 Å². The van der Waals surface area contributed by atoms with Crippen molar-refractivity contribution in [1.82, 2.24) is 0 Å². The SMILES string of the molecule is [2H][Al-]([O]C)([O]C)[O]C.[Li+]. The van der Waals surface area contributed by atoms with Crippen LogP contribution in [-0.4, -0.2) is 37.3 Å². The van der Waals surface area contributed by atoms with E-state index in [0.29, 0.717) is 0 Å². The monoisotopic (exact) mass is 129 g/mol. The summed E-state index contributed by atoms with van der Waals surface area (Å²) in [5, 5.41) is 0. The van der Waals surface area contributed by atoms with Crippen LogP contribution in [0.2, 0.25) is 0 Å². The molecule has 0 N–H and O–H groups in total. The standard InChI is InChI=1S/3CH3O.Al.Li.H/c3*1-2;;;/h3*1H3;;;/q3*-1;+2;+1;/i;;;;;1+1. The largest absolute Gasteiger partial charge is 1.00 e. The summed E-state index contributed by atoms with van der Waals surface area (Å²) in [5.74, 6) is 0. The molecule has 0 aliphatic rings. The van der Waals surface area contributed by atoms with E-state index < -0.39 is 15.0 Å². The summed E-state index contributed by atoms with van der Waals surface area (Å²) in [6.07, 6.45) is 0. The number of hydrogen-bond acceptors (Lipinski definition) is 3. The van der Waals surface area contributed by atoms with Gasteiger partial charge >= 0.3 is 33.9 Å². The van der Waals surface area contributed by atoms with Crippen LogP contribution in [0.5, 0.6) is 0 Å². The van der Waals surface area contributed by atoms with Crippen molar-refractivity contribution in [3.8, 4) is 0 Å². The smallest absolute Gasteiger partial charge is 0.618 e. The van der Waals surface area contributed by atoms with Crippen molar-refractivity contribution in [3.63, 3.8) is 0 Å². The summed E-state index contributed by atoms with van der Waals surface area (Å²) in [6.45, 7) is 0. The Balaban J connectivity index is 0. The van der Waals surface area contributed by atoms with Gasteiger partial charge in [0, 0.05) is 0 Å². The fourth-order valence-corrected chi connectivity index (χ4v) is 0.866. The van der Waals surface area contributed by atoms with Gasteiger partial charge in [0.1, 0.15) is 0 Å². The molecule has 0 bridgehead atoms. The van der Waals surface area contributed by atoms with Crippen LogP contribution < -0.4 is 18.9 Å². The molecule has 0 aliphatic carbocycles. The van der Waals surface area contributed by atoms with Crippen molar-refractivity contribution in [3.05, 3.63) is 0 Å². The van der Waals surface area contributed by atoms with Crippen molar-refractivity contribution in [2.24, 2.45) is 0 Å². The quantitative estimate of drug-likeness (QED) is 0.372. The zero-order chi connectivity index (χ0) is 6.62. The second-order valence-electron chi connectivity index (χ2n) is 0.996. The van der Waals surface area contributed by atoms with E-state index in [1.54, 1.807) is 0 Å². The van der Waals surface area contributed by atoms with E-state index in [1.165, 1.54) is 21.3 Å². The van der Waals surface area contributed by atoms with E-state index in [1.807, 2.05) is 0 Å². The zero-order valence-electron chi connectivity index (χ0n) is 6.80. The van der Waals surface area contributed by atoms with Gasteiger partial charge in [0.15, 0.2) is 0 Å². The minimum absolute atomic E-state index is 0. The molecule has 0 radical (unpaired) electrons. The van der Waals surface area contributed by atoms with Gasteiger partial charge in [0.2, 0.25) is 0 Å². The van der Waals surface area contributed by atoms with Crippen molar-refractivity contribution in [2.75, 3.05) is 21.3 Å². The Kier molecular flexibility index (Phi) is 9.02. The molecule has 0 aliphatic heterocycles. The molecular weight excluding hydrogens is 118 g/mol.